The number of aromatic nitrogens is 2. The first-order valence-electron chi connectivity index (χ1n) is 7.27. The lowest BCUT2D eigenvalue weighted by Gasteiger charge is -2.23. The lowest BCUT2D eigenvalue weighted by Crippen LogP contribution is -2.36. The van der Waals surface area contributed by atoms with E-state index in [-0.39, 0.29) is 23.7 Å². The van der Waals surface area contributed by atoms with Crippen molar-refractivity contribution in [2.75, 3.05) is 14.1 Å². The molecule has 1 atom stereocenters. The van der Waals surface area contributed by atoms with Crippen molar-refractivity contribution in [2.45, 2.75) is 12.5 Å². The topological polar surface area (TPSA) is 61.7 Å². The van der Waals surface area contributed by atoms with E-state index in [4.69, 9.17) is 0 Å². The Kier molecular flexibility index (Phi) is 4.20. The standard InChI is InChI=1S/C16H15F2N5O/c1-22(2)16(24)23-14(15-19-6-3-7-20-15)9-13(21-23)11-8-10(17)4-5-12(11)18/h3-8,14H,9H2,1-2H3. The van der Waals surface area contributed by atoms with Crippen molar-refractivity contribution in [3.05, 3.63) is 59.7 Å². The van der Waals surface area contributed by atoms with Crippen LogP contribution in [-0.4, -0.2) is 45.7 Å². The molecule has 0 saturated heterocycles. The maximum Gasteiger partial charge on any atom is 0.340 e. The van der Waals surface area contributed by atoms with Gasteiger partial charge in [-0.05, 0) is 24.3 Å². The molecule has 3 rings (SSSR count). The van der Waals surface area contributed by atoms with Gasteiger partial charge in [-0.25, -0.2) is 28.6 Å². The molecule has 0 spiro atoms. The van der Waals surface area contributed by atoms with Crippen LogP contribution in [0.4, 0.5) is 13.6 Å². The van der Waals surface area contributed by atoms with E-state index in [1.807, 2.05) is 0 Å². The van der Waals surface area contributed by atoms with Crippen LogP contribution in [-0.2, 0) is 0 Å². The van der Waals surface area contributed by atoms with Gasteiger partial charge in [0.1, 0.15) is 17.7 Å². The Morgan fingerprint density at radius 3 is 2.62 bits per heavy atom. The van der Waals surface area contributed by atoms with Gasteiger partial charge in [0.05, 0.1) is 5.71 Å². The highest BCUT2D eigenvalue weighted by molar-refractivity contribution is 6.03. The second kappa shape index (κ2) is 6.31. The summed E-state index contributed by atoms with van der Waals surface area (Å²) in [5.74, 6) is -0.774. The molecular formula is C16H15F2N5O. The van der Waals surface area contributed by atoms with Gasteiger partial charge in [0.2, 0.25) is 0 Å². The Bertz CT molecular complexity index is 794. The molecule has 2 amide bonds. The van der Waals surface area contributed by atoms with Crippen LogP contribution in [0.15, 0.2) is 41.8 Å². The number of benzene rings is 1. The second-order valence-corrected chi connectivity index (χ2v) is 5.52. The van der Waals surface area contributed by atoms with Gasteiger partial charge in [-0.15, -0.1) is 0 Å². The van der Waals surface area contributed by atoms with Crippen LogP contribution >= 0.6 is 0 Å². The lowest BCUT2D eigenvalue weighted by atomic mass is 10.0. The van der Waals surface area contributed by atoms with Gasteiger partial charge >= 0.3 is 6.03 Å². The monoisotopic (exact) mass is 331 g/mol. The van der Waals surface area contributed by atoms with Crippen LogP contribution in [0.3, 0.4) is 0 Å². The third kappa shape index (κ3) is 2.94. The van der Waals surface area contributed by atoms with Crippen molar-refractivity contribution in [2.24, 2.45) is 5.10 Å². The van der Waals surface area contributed by atoms with Crippen LogP contribution in [0.1, 0.15) is 23.9 Å². The summed E-state index contributed by atoms with van der Waals surface area (Å²) in [6.45, 7) is 0. The molecule has 0 radical (unpaired) electrons. The molecule has 6 nitrogen and oxygen atoms in total. The molecule has 1 unspecified atom stereocenters. The predicted molar refractivity (Wildman–Crippen MR) is 83.2 cm³/mol. The summed E-state index contributed by atoms with van der Waals surface area (Å²) in [5, 5.41) is 5.41. The average molecular weight is 331 g/mol. The summed E-state index contributed by atoms with van der Waals surface area (Å²) in [5.41, 5.74) is 0.310. The van der Waals surface area contributed by atoms with E-state index in [2.05, 4.69) is 15.1 Å². The van der Waals surface area contributed by atoms with Gasteiger partial charge in [-0.2, -0.15) is 5.10 Å². The van der Waals surface area contributed by atoms with E-state index in [1.165, 1.54) is 9.91 Å². The smallest absolute Gasteiger partial charge is 0.329 e. The Morgan fingerprint density at radius 2 is 1.96 bits per heavy atom. The molecule has 1 aromatic heterocycles. The van der Waals surface area contributed by atoms with Crippen molar-refractivity contribution in [3.8, 4) is 0 Å². The highest BCUT2D eigenvalue weighted by Crippen LogP contribution is 2.32. The zero-order chi connectivity index (χ0) is 17.3. The normalized spacial score (nSPS) is 16.9. The molecule has 0 saturated carbocycles. The van der Waals surface area contributed by atoms with E-state index in [0.717, 1.165) is 18.2 Å². The Labute approximate surface area is 137 Å². The quantitative estimate of drug-likeness (QED) is 0.850. The second-order valence-electron chi connectivity index (χ2n) is 5.52. The first kappa shape index (κ1) is 16.0. The minimum Gasteiger partial charge on any atom is -0.329 e. The third-order valence-corrected chi connectivity index (χ3v) is 3.61. The number of hydrazone groups is 1. The maximum absolute atomic E-state index is 14.0. The first-order valence-corrected chi connectivity index (χ1v) is 7.27. The number of hydrogen-bond donors (Lipinski definition) is 0. The van der Waals surface area contributed by atoms with E-state index in [0.29, 0.717) is 5.82 Å². The molecule has 0 N–H and O–H groups in total. The molecule has 124 valence electrons. The van der Waals surface area contributed by atoms with Crippen LogP contribution in [0.25, 0.3) is 0 Å². The van der Waals surface area contributed by atoms with Crippen LogP contribution in [0.2, 0.25) is 0 Å². The molecule has 1 aliphatic rings. The van der Waals surface area contributed by atoms with Crippen LogP contribution < -0.4 is 0 Å². The highest BCUT2D eigenvalue weighted by atomic mass is 19.1. The number of halogens is 2. The maximum atomic E-state index is 14.0. The highest BCUT2D eigenvalue weighted by Gasteiger charge is 2.36. The number of carbonyl (C=O) groups excluding carboxylic acids is 1. The third-order valence-electron chi connectivity index (χ3n) is 3.61. The number of carbonyl (C=O) groups is 1. The van der Waals surface area contributed by atoms with Gasteiger partial charge in [0, 0.05) is 38.5 Å². The van der Waals surface area contributed by atoms with E-state index in [1.54, 1.807) is 32.6 Å². The van der Waals surface area contributed by atoms with Crippen molar-refractivity contribution in [1.82, 2.24) is 19.9 Å². The van der Waals surface area contributed by atoms with E-state index >= 15 is 0 Å². The van der Waals surface area contributed by atoms with Gasteiger partial charge in [0.15, 0.2) is 5.82 Å². The molecule has 0 fully saturated rings. The summed E-state index contributed by atoms with van der Waals surface area (Å²) in [4.78, 5) is 22.0. The summed E-state index contributed by atoms with van der Waals surface area (Å²) < 4.78 is 27.5. The van der Waals surface area contributed by atoms with Gasteiger partial charge in [-0.1, -0.05) is 0 Å². The molecule has 1 aliphatic heterocycles. The fourth-order valence-electron chi connectivity index (χ4n) is 2.46. The lowest BCUT2D eigenvalue weighted by molar-refractivity contribution is 0.157. The van der Waals surface area contributed by atoms with Crippen LogP contribution in [0.5, 0.6) is 0 Å². The largest absolute Gasteiger partial charge is 0.340 e. The molecule has 8 heteroatoms. The Hall–Kier alpha value is -2.90. The molecular weight excluding hydrogens is 316 g/mol. The van der Waals surface area contributed by atoms with Crippen molar-refractivity contribution in [3.63, 3.8) is 0 Å². The number of amides is 2. The molecule has 0 aliphatic carbocycles. The number of rotatable bonds is 2. The van der Waals surface area contributed by atoms with Gasteiger partial charge in [0.25, 0.3) is 0 Å². The summed E-state index contributed by atoms with van der Waals surface area (Å²) in [7, 11) is 3.17. The Morgan fingerprint density at radius 1 is 1.25 bits per heavy atom. The average Bonchev–Trinajstić information content (AvgIpc) is 3.02. The van der Waals surface area contributed by atoms with Crippen molar-refractivity contribution in [1.29, 1.82) is 0 Å². The number of hydrogen-bond acceptors (Lipinski definition) is 4. The zero-order valence-corrected chi connectivity index (χ0v) is 13.1. The first-order chi connectivity index (χ1) is 11.5. The molecule has 2 heterocycles. The summed E-state index contributed by atoms with van der Waals surface area (Å²) in [6.07, 6.45) is 3.31. The predicted octanol–water partition coefficient (Wildman–Crippen LogP) is 2.59. The van der Waals surface area contributed by atoms with E-state index in [9.17, 15) is 13.6 Å². The van der Waals surface area contributed by atoms with Crippen LogP contribution in [0, 0.1) is 11.6 Å². The number of urea groups is 1. The van der Waals surface area contributed by atoms with Crippen molar-refractivity contribution >= 4 is 11.7 Å². The van der Waals surface area contributed by atoms with E-state index < -0.39 is 17.7 Å². The molecule has 0 bridgehead atoms. The molecule has 1 aromatic carbocycles. The molecule has 24 heavy (non-hydrogen) atoms. The Balaban J connectivity index is 2.02. The van der Waals surface area contributed by atoms with Gasteiger partial charge in [-0.3, -0.25) is 0 Å². The summed E-state index contributed by atoms with van der Waals surface area (Å²) in [6, 6.07) is 3.84. The minimum atomic E-state index is -0.595. The summed E-state index contributed by atoms with van der Waals surface area (Å²) >= 11 is 0. The van der Waals surface area contributed by atoms with Crippen molar-refractivity contribution < 1.29 is 13.6 Å². The minimum absolute atomic E-state index is 0.0324. The fraction of sp³-hybridized carbons (Fsp3) is 0.250. The molecule has 2 aromatic rings. The SMILES string of the molecule is CN(C)C(=O)N1N=C(c2cc(F)ccc2F)CC1c1ncccn1. The fourth-order valence-corrected chi connectivity index (χ4v) is 2.46. The zero-order valence-electron chi connectivity index (χ0n) is 13.1. The number of nitrogens with zero attached hydrogens (tertiary/aromatic N) is 5. The van der Waals surface area contributed by atoms with Gasteiger partial charge < -0.3 is 4.90 Å².